The lowest BCUT2D eigenvalue weighted by Crippen LogP contribution is -2.23. The number of aromatic carboxylic acids is 1. The zero-order valence-corrected chi connectivity index (χ0v) is 11.7. The van der Waals surface area contributed by atoms with Gasteiger partial charge < -0.3 is 5.11 Å². The molecule has 2 rings (SSSR count). The van der Waals surface area contributed by atoms with Crippen LogP contribution >= 0.6 is 22.6 Å². The van der Waals surface area contributed by atoms with Crippen molar-refractivity contribution in [3.63, 3.8) is 0 Å². The van der Waals surface area contributed by atoms with Gasteiger partial charge in [-0.3, -0.25) is 9.36 Å². The molecule has 1 N–H and O–H groups in total. The third-order valence-electron chi connectivity index (χ3n) is 2.49. The van der Waals surface area contributed by atoms with Crippen molar-refractivity contribution in [2.45, 2.75) is 6.54 Å². The molecule has 1 aromatic heterocycles. The maximum Gasteiger partial charge on any atom is 0.335 e. The van der Waals surface area contributed by atoms with Gasteiger partial charge in [-0.2, -0.15) is 0 Å². The number of hydrogen-bond donors (Lipinski definition) is 1. The average molecular weight is 374 g/mol. The molecule has 0 atom stereocenters. The van der Waals surface area contributed by atoms with Gasteiger partial charge in [0.25, 0.3) is 5.56 Å². The Balaban J connectivity index is 2.43. The van der Waals surface area contributed by atoms with Crippen molar-refractivity contribution in [1.82, 2.24) is 9.55 Å². The van der Waals surface area contributed by atoms with Crippen LogP contribution in [0.1, 0.15) is 15.9 Å². The van der Waals surface area contributed by atoms with E-state index >= 15 is 0 Å². The standard InChI is InChI=1S/C12H8FIN2O3/c13-9-2-1-7(12(18)19)3-8(9)5-16-6-15-4-10(14)11(16)17/h1-4,6H,5H2,(H,18,19). The molecule has 0 bridgehead atoms. The van der Waals surface area contributed by atoms with Crippen molar-refractivity contribution in [1.29, 1.82) is 0 Å². The van der Waals surface area contributed by atoms with Gasteiger partial charge in [-0.05, 0) is 40.8 Å². The first-order valence-corrected chi connectivity index (χ1v) is 6.28. The van der Waals surface area contributed by atoms with Crippen LogP contribution in [0.25, 0.3) is 0 Å². The summed E-state index contributed by atoms with van der Waals surface area (Å²) in [7, 11) is 0. The SMILES string of the molecule is O=C(O)c1ccc(F)c(Cn2cncc(I)c2=O)c1. The van der Waals surface area contributed by atoms with Crippen LogP contribution in [0.5, 0.6) is 0 Å². The first-order chi connectivity index (χ1) is 8.99. The number of carboxylic acids is 1. The molecule has 98 valence electrons. The van der Waals surface area contributed by atoms with Crippen molar-refractivity contribution < 1.29 is 14.3 Å². The molecule has 0 amide bonds. The van der Waals surface area contributed by atoms with E-state index in [0.717, 1.165) is 6.07 Å². The van der Waals surface area contributed by atoms with Gasteiger partial charge in [0, 0.05) is 11.8 Å². The second-order valence-electron chi connectivity index (χ2n) is 3.79. The predicted octanol–water partition coefficient (Wildman–Crippen LogP) is 1.73. The molecule has 0 saturated carbocycles. The first kappa shape index (κ1) is 13.7. The van der Waals surface area contributed by atoms with Crippen LogP contribution in [-0.2, 0) is 6.54 Å². The van der Waals surface area contributed by atoms with Gasteiger partial charge in [-0.25, -0.2) is 14.2 Å². The minimum absolute atomic E-state index is 0.0250. The molecule has 2 aromatic rings. The summed E-state index contributed by atoms with van der Waals surface area (Å²) in [5.74, 6) is -1.70. The molecule has 0 aliphatic heterocycles. The van der Waals surface area contributed by atoms with Gasteiger partial charge in [-0.15, -0.1) is 0 Å². The number of carboxylic acid groups (broad SMARTS) is 1. The van der Waals surface area contributed by atoms with Gasteiger partial charge >= 0.3 is 5.97 Å². The fourth-order valence-electron chi connectivity index (χ4n) is 1.55. The fourth-order valence-corrected chi connectivity index (χ4v) is 2.02. The topological polar surface area (TPSA) is 72.2 Å². The number of aromatic nitrogens is 2. The number of benzene rings is 1. The van der Waals surface area contributed by atoms with Gasteiger partial charge in [0.05, 0.1) is 22.0 Å². The van der Waals surface area contributed by atoms with Crippen LogP contribution in [0.2, 0.25) is 0 Å². The predicted molar refractivity (Wildman–Crippen MR) is 73.7 cm³/mol. The summed E-state index contributed by atoms with van der Waals surface area (Å²) >= 11 is 1.83. The van der Waals surface area contributed by atoms with Crippen molar-refractivity contribution in [3.8, 4) is 0 Å². The van der Waals surface area contributed by atoms with E-state index in [1.165, 1.54) is 29.2 Å². The lowest BCUT2D eigenvalue weighted by atomic mass is 10.1. The Hall–Kier alpha value is -1.77. The summed E-state index contributed by atoms with van der Waals surface area (Å²) in [6.45, 7) is -0.0599. The third kappa shape index (κ3) is 2.98. The lowest BCUT2D eigenvalue weighted by Gasteiger charge is -2.07. The molecule has 0 aliphatic rings. The smallest absolute Gasteiger partial charge is 0.335 e. The van der Waals surface area contributed by atoms with E-state index in [2.05, 4.69) is 4.98 Å². The second-order valence-corrected chi connectivity index (χ2v) is 4.95. The fraction of sp³-hybridized carbons (Fsp3) is 0.0833. The number of rotatable bonds is 3. The van der Waals surface area contributed by atoms with E-state index in [1.807, 2.05) is 22.6 Å². The Labute approximate surface area is 120 Å². The van der Waals surface area contributed by atoms with E-state index < -0.39 is 11.8 Å². The molecule has 0 saturated heterocycles. The minimum Gasteiger partial charge on any atom is -0.478 e. The number of nitrogens with zero attached hydrogens (tertiary/aromatic N) is 2. The minimum atomic E-state index is -1.14. The molecule has 1 heterocycles. The largest absolute Gasteiger partial charge is 0.478 e. The van der Waals surface area contributed by atoms with E-state index in [9.17, 15) is 14.0 Å². The zero-order valence-electron chi connectivity index (χ0n) is 9.51. The first-order valence-electron chi connectivity index (χ1n) is 5.20. The van der Waals surface area contributed by atoms with Gasteiger partial charge in [0.1, 0.15) is 5.82 Å². The highest BCUT2D eigenvalue weighted by molar-refractivity contribution is 14.1. The van der Waals surface area contributed by atoms with E-state index in [4.69, 9.17) is 5.11 Å². The molecule has 5 nitrogen and oxygen atoms in total. The van der Waals surface area contributed by atoms with Crippen molar-refractivity contribution >= 4 is 28.6 Å². The summed E-state index contributed by atoms with van der Waals surface area (Å²) in [6.07, 6.45) is 2.70. The summed E-state index contributed by atoms with van der Waals surface area (Å²) in [6, 6.07) is 3.46. The quantitative estimate of drug-likeness (QED) is 0.831. The maximum atomic E-state index is 13.6. The van der Waals surface area contributed by atoms with Gasteiger partial charge in [-0.1, -0.05) is 0 Å². The number of carbonyl (C=O) groups is 1. The van der Waals surface area contributed by atoms with Crippen molar-refractivity contribution in [2.75, 3.05) is 0 Å². The highest BCUT2D eigenvalue weighted by Gasteiger charge is 2.10. The van der Waals surface area contributed by atoms with Crippen molar-refractivity contribution in [2.24, 2.45) is 0 Å². The maximum absolute atomic E-state index is 13.6. The third-order valence-corrected chi connectivity index (χ3v) is 3.23. The number of halogens is 2. The molecule has 0 unspecified atom stereocenters. The highest BCUT2D eigenvalue weighted by Crippen LogP contribution is 2.12. The monoisotopic (exact) mass is 374 g/mol. The molecule has 19 heavy (non-hydrogen) atoms. The summed E-state index contributed by atoms with van der Waals surface area (Å²) in [5.41, 5.74) is -0.190. The number of hydrogen-bond acceptors (Lipinski definition) is 3. The molecule has 0 spiro atoms. The van der Waals surface area contributed by atoms with E-state index in [0.29, 0.717) is 3.57 Å². The molecule has 7 heteroatoms. The highest BCUT2D eigenvalue weighted by atomic mass is 127. The Morgan fingerprint density at radius 3 is 2.89 bits per heavy atom. The second kappa shape index (κ2) is 5.47. The van der Waals surface area contributed by atoms with Crippen molar-refractivity contribution in [3.05, 3.63) is 61.6 Å². The van der Waals surface area contributed by atoms with Crippen LogP contribution in [0.3, 0.4) is 0 Å². The Morgan fingerprint density at radius 2 is 2.21 bits per heavy atom. The molecule has 0 fully saturated rings. The molecular weight excluding hydrogens is 366 g/mol. The normalized spacial score (nSPS) is 10.4. The molecule has 1 aromatic carbocycles. The summed E-state index contributed by atoms with van der Waals surface area (Å²) < 4.78 is 15.3. The average Bonchev–Trinajstić information content (AvgIpc) is 2.37. The van der Waals surface area contributed by atoms with Crippen LogP contribution < -0.4 is 5.56 Å². The van der Waals surface area contributed by atoms with Crippen LogP contribution in [-0.4, -0.2) is 20.6 Å². The summed E-state index contributed by atoms with van der Waals surface area (Å²) in [5, 5.41) is 8.86. The Kier molecular flexibility index (Phi) is 3.93. The summed E-state index contributed by atoms with van der Waals surface area (Å²) in [4.78, 5) is 26.5. The lowest BCUT2D eigenvalue weighted by molar-refractivity contribution is 0.0696. The molecule has 0 radical (unpaired) electrons. The zero-order chi connectivity index (χ0) is 14.0. The molecular formula is C12H8FIN2O3. The van der Waals surface area contributed by atoms with Crippen LogP contribution in [0, 0.1) is 9.39 Å². The van der Waals surface area contributed by atoms with Gasteiger partial charge in [0.2, 0.25) is 0 Å². The van der Waals surface area contributed by atoms with Crippen LogP contribution in [0.4, 0.5) is 4.39 Å². The Morgan fingerprint density at radius 1 is 1.47 bits per heavy atom. The van der Waals surface area contributed by atoms with E-state index in [1.54, 1.807) is 0 Å². The molecule has 0 aliphatic carbocycles. The van der Waals surface area contributed by atoms with Crippen LogP contribution in [0.15, 0.2) is 35.5 Å². The Bertz CT molecular complexity index is 700. The van der Waals surface area contributed by atoms with Gasteiger partial charge in [0.15, 0.2) is 0 Å². The van der Waals surface area contributed by atoms with E-state index in [-0.39, 0.29) is 23.2 Å².